The third-order valence-corrected chi connectivity index (χ3v) is 2.79. The van der Waals surface area contributed by atoms with E-state index in [-0.39, 0.29) is 11.4 Å². The predicted octanol–water partition coefficient (Wildman–Crippen LogP) is 2.89. The van der Waals surface area contributed by atoms with Crippen LogP contribution in [0.3, 0.4) is 0 Å². The van der Waals surface area contributed by atoms with Crippen LogP contribution in [-0.4, -0.2) is 17.9 Å². The van der Waals surface area contributed by atoms with Crippen LogP contribution in [0.15, 0.2) is 48.5 Å². The first kappa shape index (κ1) is 13.5. The second-order valence-corrected chi connectivity index (χ2v) is 4.02. The smallest absolute Gasteiger partial charge is 0.292 e. The Morgan fingerprint density at radius 1 is 1.05 bits per heavy atom. The van der Waals surface area contributed by atoms with Gasteiger partial charge in [-0.2, -0.15) is 0 Å². The molecule has 6 heteroatoms. The lowest BCUT2D eigenvalue weighted by molar-refractivity contribution is -0.383. The summed E-state index contributed by atoms with van der Waals surface area (Å²) < 4.78 is 0. The molecule has 2 aromatic rings. The van der Waals surface area contributed by atoms with Crippen molar-refractivity contribution in [3.8, 4) is 0 Å². The average molecular weight is 271 g/mol. The van der Waals surface area contributed by atoms with Gasteiger partial charge in [0.15, 0.2) is 0 Å². The van der Waals surface area contributed by atoms with Crippen molar-refractivity contribution in [1.82, 2.24) is 0 Å². The summed E-state index contributed by atoms with van der Waals surface area (Å²) in [5.41, 5.74) is 1.12. The number of benzene rings is 2. The summed E-state index contributed by atoms with van der Waals surface area (Å²) in [4.78, 5) is 22.6. The summed E-state index contributed by atoms with van der Waals surface area (Å²) in [5, 5.41) is 16.4. The summed E-state index contributed by atoms with van der Waals surface area (Å²) in [7, 11) is 1.71. The Balaban J connectivity index is 2.31. The van der Waals surface area contributed by atoms with Gasteiger partial charge in [0.2, 0.25) is 0 Å². The number of hydrogen-bond donors (Lipinski definition) is 2. The highest BCUT2D eigenvalue weighted by Crippen LogP contribution is 2.24. The minimum atomic E-state index is -0.528. The molecular formula is C14H13N3O3. The average Bonchev–Trinajstić information content (AvgIpc) is 2.47. The van der Waals surface area contributed by atoms with Gasteiger partial charge in [0.05, 0.1) is 10.5 Å². The molecule has 0 aliphatic carbocycles. The van der Waals surface area contributed by atoms with Crippen LogP contribution in [0.4, 0.5) is 17.1 Å². The van der Waals surface area contributed by atoms with Crippen molar-refractivity contribution in [2.75, 3.05) is 17.7 Å². The van der Waals surface area contributed by atoms with E-state index in [0.717, 1.165) is 0 Å². The monoisotopic (exact) mass is 271 g/mol. The Morgan fingerprint density at radius 3 is 2.30 bits per heavy atom. The van der Waals surface area contributed by atoms with Crippen molar-refractivity contribution < 1.29 is 9.72 Å². The Bertz CT molecular complexity index is 656. The van der Waals surface area contributed by atoms with Crippen molar-refractivity contribution in [2.24, 2.45) is 0 Å². The molecule has 0 fully saturated rings. The zero-order valence-electron chi connectivity index (χ0n) is 10.8. The molecule has 0 unspecified atom stereocenters. The van der Waals surface area contributed by atoms with Crippen molar-refractivity contribution in [1.29, 1.82) is 0 Å². The van der Waals surface area contributed by atoms with Crippen LogP contribution in [0.1, 0.15) is 10.4 Å². The van der Waals surface area contributed by atoms with Gasteiger partial charge in [0.1, 0.15) is 5.69 Å². The molecule has 2 N–H and O–H groups in total. The number of amides is 1. The number of nitrogens with one attached hydrogen (secondary N) is 2. The minimum Gasteiger partial charge on any atom is -0.387 e. The van der Waals surface area contributed by atoms with Gasteiger partial charge in [0, 0.05) is 18.8 Å². The molecule has 0 aromatic heterocycles. The number of rotatable bonds is 4. The minimum absolute atomic E-state index is 0.136. The molecule has 2 aromatic carbocycles. The summed E-state index contributed by atoms with van der Waals surface area (Å²) in [5.74, 6) is -0.399. The molecule has 0 spiro atoms. The largest absolute Gasteiger partial charge is 0.387 e. The van der Waals surface area contributed by atoms with E-state index in [1.807, 2.05) is 0 Å². The molecule has 0 atom stereocenters. The molecule has 20 heavy (non-hydrogen) atoms. The van der Waals surface area contributed by atoms with E-state index in [0.29, 0.717) is 11.3 Å². The van der Waals surface area contributed by atoms with E-state index >= 15 is 0 Å². The molecule has 0 aliphatic heterocycles. The van der Waals surface area contributed by atoms with Gasteiger partial charge in [-0.05, 0) is 18.2 Å². The fourth-order valence-electron chi connectivity index (χ4n) is 1.83. The normalized spacial score (nSPS) is 9.85. The van der Waals surface area contributed by atoms with Crippen LogP contribution in [0.5, 0.6) is 0 Å². The van der Waals surface area contributed by atoms with Crippen LogP contribution in [0.25, 0.3) is 0 Å². The summed E-state index contributed by atoms with van der Waals surface area (Å²) in [6.07, 6.45) is 0. The van der Waals surface area contributed by atoms with Crippen molar-refractivity contribution in [2.45, 2.75) is 0 Å². The first-order chi connectivity index (χ1) is 9.63. The number of nitro groups is 1. The predicted molar refractivity (Wildman–Crippen MR) is 77.0 cm³/mol. The molecule has 2 rings (SSSR count). The van der Waals surface area contributed by atoms with E-state index in [2.05, 4.69) is 10.6 Å². The van der Waals surface area contributed by atoms with E-state index < -0.39 is 10.8 Å². The Kier molecular flexibility index (Phi) is 3.95. The van der Waals surface area contributed by atoms with E-state index in [9.17, 15) is 14.9 Å². The third-order valence-electron chi connectivity index (χ3n) is 2.79. The molecule has 6 nitrogen and oxygen atoms in total. The Hall–Kier alpha value is -2.89. The fraction of sp³-hybridized carbons (Fsp3) is 0.0714. The lowest BCUT2D eigenvalue weighted by Gasteiger charge is -2.09. The second kappa shape index (κ2) is 5.83. The number of nitrogens with zero attached hydrogens (tertiary/aromatic N) is 1. The standard InChI is InChI=1S/C14H13N3O3/c1-15-11-7-3-2-6-10(11)14(18)16-12-8-4-5-9-13(12)17(19)20/h2-9,15H,1H3,(H,16,18). The molecule has 0 bridgehead atoms. The lowest BCUT2D eigenvalue weighted by atomic mass is 10.1. The topological polar surface area (TPSA) is 84.3 Å². The van der Waals surface area contributed by atoms with Gasteiger partial charge in [-0.15, -0.1) is 0 Å². The number of nitro benzene ring substituents is 1. The number of para-hydroxylation sites is 3. The quantitative estimate of drug-likeness (QED) is 0.661. The maximum Gasteiger partial charge on any atom is 0.292 e. The SMILES string of the molecule is CNc1ccccc1C(=O)Nc1ccccc1[N+](=O)[O-]. The van der Waals surface area contributed by atoms with Crippen LogP contribution < -0.4 is 10.6 Å². The van der Waals surface area contributed by atoms with Gasteiger partial charge in [0.25, 0.3) is 11.6 Å². The molecule has 0 aliphatic rings. The van der Waals surface area contributed by atoms with Gasteiger partial charge >= 0.3 is 0 Å². The van der Waals surface area contributed by atoms with Gasteiger partial charge in [-0.1, -0.05) is 24.3 Å². The molecule has 0 saturated carbocycles. The van der Waals surface area contributed by atoms with Crippen molar-refractivity contribution in [3.63, 3.8) is 0 Å². The van der Waals surface area contributed by atoms with E-state index in [4.69, 9.17) is 0 Å². The summed E-state index contributed by atoms with van der Waals surface area (Å²) >= 11 is 0. The molecule has 102 valence electrons. The molecular weight excluding hydrogens is 258 g/mol. The van der Waals surface area contributed by atoms with Crippen molar-refractivity contribution in [3.05, 3.63) is 64.2 Å². The lowest BCUT2D eigenvalue weighted by Crippen LogP contribution is -2.14. The molecule has 1 amide bonds. The first-order valence-electron chi connectivity index (χ1n) is 5.95. The van der Waals surface area contributed by atoms with Gasteiger partial charge in [-0.3, -0.25) is 14.9 Å². The van der Waals surface area contributed by atoms with Crippen molar-refractivity contribution >= 4 is 23.0 Å². The first-order valence-corrected chi connectivity index (χ1v) is 5.95. The maximum absolute atomic E-state index is 12.2. The fourth-order valence-corrected chi connectivity index (χ4v) is 1.83. The van der Waals surface area contributed by atoms with Crippen LogP contribution >= 0.6 is 0 Å². The zero-order chi connectivity index (χ0) is 14.5. The van der Waals surface area contributed by atoms with E-state index in [1.54, 1.807) is 43.4 Å². The van der Waals surface area contributed by atoms with Gasteiger partial charge < -0.3 is 10.6 Å². The van der Waals surface area contributed by atoms with E-state index in [1.165, 1.54) is 12.1 Å². The Morgan fingerprint density at radius 2 is 1.65 bits per heavy atom. The zero-order valence-corrected chi connectivity index (χ0v) is 10.8. The molecule has 0 heterocycles. The highest BCUT2D eigenvalue weighted by molar-refractivity contribution is 6.08. The third kappa shape index (κ3) is 2.74. The van der Waals surface area contributed by atoms with Crippen LogP contribution in [0, 0.1) is 10.1 Å². The number of carbonyl (C=O) groups excluding carboxylic acids is 1. The maximum atomic E-state index is 12.2. The summed E-state index contributed by atoms with van der Waals surface area (Å²) in [6.45, 7) is 0. The molecule has 0 radical (unpaired) electrons. The number of anilines is 2. The van der Waals surface area contributed by atoms with Gasteiger partial charge in [-0.25, -0.2) is 0 Å². The number of hydrogen-bond acceptors (Lipinski definition) is 4. The Labute approximate surface area is 115 Å². The highest BCUT2D eigenvalue weighted by atomic mass is 16.6. The van der Waals surface area contributed by atoms with Crippen LogP contribution in [0.2, 0.25) is 0 Å². The number of carbonyl (C=O) groups is 1. The van der Waals surface area contributed by atoms with Crippen LogP contribution in [-0.2, 0) is 0 Å². The summed E-state index contributed by atoms with van der Waals surface area (Å²) in [6, 6.07) is 13.0. The second-order valence-electron chi connectivity index (χ2n) is 4.02. The highest BCUT2D eigenvalue weighted by Gasteiger charge is 2.17. The molecule has 0 saturated heterocycles.